The Balaban J connectivity index is 1.57. The first-order valence-electron chi connectivity index (χ1n) is 10.5. The molecule has 9 heteroatoms. The lowest BCUT2D eigenvalue weighted by atomic mass is 9.87. The number of amides is 1. The highest BCUT2D eigenvalue weighted by atomic mass is 32.2. The van der Waals surface area contributed by atoms with E-state index in [1.807, 2.05) is 13.0 Å². The van der Waals surface area contributed by atoms with E-state index in [-0.39, 0.29) is 22.6 Å². The van der Waals surface area contributed by atoms with Crippen molar-refractivity contribution in [2.75, 3.05) is 11.6 Å². The number of hydrogen-bond acceptors (Lipinski definition) is 6. The van der Waals surface area contributed by atoms with E-state index in [0.717, 1.165) is 27.7 Å². The summed E-state index contributed by atoms with van der Waals surface area (Å²) in [5, 5.41) is 8.12. The normalized spacial score (nSPS) is 12.3. The van der Waals surface area contributed by atoms with E-state index in [1.54, 1.807) is 22.9 Å². The quantitative estimate of drug-likeness (QED) is 0.446. The van der Waals surface area contributed by atoms with Crippen molar-refractivity contribution >= 4 is 43.1 Å². The molecule has 0 radical (unpaired) electrons. The molecule has 2 aromatic carbocycles. The van der Waals surface area contributed by atoms with Crippen LogP contribution in [0.1, 0.15) is 37.6 Å². The van der Waals surface area contributed by atoms with Crippen molar-refractivity contribution in [1.82, 2.24) is 14.8 Å². The Kier molecular flexibility index (Phi) is 5.88. The van der Waals surface area contributed by atoms with Gasteiger partial charge in [-0.3, -0.25) is 4.79 Å². The number of aromatic nitrogens is 3. The van der Waals surface area contributed by atoms with E-state index in [4.69, 9.17) is 4.98 Å². The number of carbonyl (C=O) groups excluding carboxylic acids is 1. The number of nitrogens with zero attached hydrogens (tertiary/aromatic N) is 3. The van der Waals surface area contributed by atoms with Crippen molar-refractivity contribution in [1.29, 1.82) is 0 Å². The third kappa shape index (κ3) is 5.15. The second-order valence-electron chi connectivity index (χ2n) is 9.15. The number of fused-ring (bicyclic) bond motifs is 1. The minimum atomic E-state index is -3.27. The summed E-state index contributed by atoms with van der Waals surface area (Å²) in [5.74, 6) is 0.319. The van der Waals surface area contributed by atoms with Gasteiger partial charge in [0.2, 0.25) is 11.0 Å². The maximum Gasteiger partial charge on any atom is 0.229 e. The predicted molar refractivity (Wildman–Crippen MR) is 132 cm³/mol. The smallest absolute Gasteiger partial charge is 0.229 e. The monoisotopic (exact) mass is 482 g/mol. The molecule has 4 aromatic rings. The first kappa shape index (κ1) is 23.1. The maximum atomic E-state index is 12.7. The topological polar surface area (TPSA) is 94.0 Å². The summed E-state index contributed by atoms with van der Waals surface area (Å²) in [6.45, 7) is 8.39. The first-order chi connectivity index (χ1) is 15.4. The molecule has 0 saturated carbocycles. The SMILES string of the molecule is Cc1cc(NC(=O)Cc2ccc(S(C)(=O)=O)cc2)n(-c2nc3ccc(C(C)(C)C)cc3s2)n1. The molecule has 2 aromatic heterocycles. The van der Waals surface area contributed by atoms with Crippen molar-refractivity contribution in [3.8, 4) is 5.13 Å². The third-order valence-electron chi connectivity index (χ3n) is 5.24. The molecule has 1 N–H and O–H groups in total. The third-order valence-corrected chi connectivity index (χ3v) is 7.36. The molecule has 0 aliphatic heterocycles. The molecule has 0 fully saturated rings. The number of nitrogens with one attached hydrogen (secondary N) is 1. The molecule has 7 nitrogen and oxygen atoms in total. The van der Waals surface area contributed by atoms with Crippen LogP contribution in [0.2, 0.25) is 0 Å². The molecule has 0 aliphatic carbocycles. The van der Waals surface area contributed by atoms with Gasteiger partial charge in [0, 0.05) is 12.3 Å². The zero-order chi connectivity index (χ0) is 24.0. The van der Waals surface area contributed by atoms with Crippen molar-refractivity contribution in [3.05, 3.63) is 65.4 Å². The van der Waals surface area contributed by atoms with E-state index in [2.05, 4.69) is 43.3 Å². The minimum absolute atomic E-state index is 0.0410. The molecule has 172 valence electrons. The van der Waals surface area contributed by atoms with E-state index in [0.29, 0.717) is 10.9 Å². The highest BCUT2D eigenvalue weighted by molar-refractivity contribution is 7.90. The Bertz CT molecular complexity index is 1440. The molecule has 0 saturated heterocycles. The largest absolute Gasteiger partial charge is 0.310 e. The van der Waals surface area contributed by atoms with E-state index in [1.165, 1.54) is 29.0 Å². The van der Waals surface area contributed by atoms with Crippen molar-refractivity contribution < 1.29 is 13.2 Å². The number of aryl methyl sites for hydroxylation is 1. The number of sulfone groups is 1. The summed E-state index contributed by atoms with van der Waals surface area (Å²) in [5.41, 5.74) is 3.64. The number of thiazole rings is 1. The Labute approximate surface area is 197 Å². The van der Waals surface area contributed by atoms with Crippen LogP contribution in [0.3, 0.4) is 0 Å². The van der Waals surface area contributed by atoms with Crippen molar-refractivity contribution in [2.45, 2.75) is 44.4 Å². The molecule has 33 heavy (non-hydrogen) atoms. The van der Waals surface area contributed by atoms with Crippen LogP contribution in [-0.4, -0.2) is 35.3 Å². The Morgan fingerprint density at radius 2 is 1.79 bits per heavy atom. The average molecular weight is 483 g/mol. The van der Waals surface area contributed by atoms with Gasteiger partial charge in [-0.2, -0.15) is 9.78 Å². The van der Waals surface area contributed by atoms with Crippen molar-refractivity contribution in [2.24, 2.45) is 0 Å². The van der Waals surface area contributed by atoms with Crippen LogP contribution < -0.4 is 5.32 Å². The van der Waals surface area contributed by atoms with Gasteiger partial charge < -0.3 is 5.32 Å². The Morgan fingerprint density at radius 1 is 1.09 bits per heavy atom. The predicted octanol–water partition coefficient (Wildman–Crippen LogP) is 4.67. The minimum Gasteiger partial charge on any atom is -0.310 e. The number of rotatable bonds is 5. The fraction of sp³-hybridized carbons (Fsp3) is 0.292. The summed E-state index contributed by atoms with van der Waals surface area (Å²) >= 11 is 1.52. The zero-order valence-corrected chi connectivity index (χ0v) is 20.8. The fourth-order valence-corrected chi connectivity index (χ4v) is 5.03. The second kappa shape index (κ2) is 8.39. The molecular weight excluding hydrogens is 456 g/mol. The van der Waals surface area contributed by atoms with Crippen molar-refractivity contribution in [3.63, 3.8) is 0 Å². The summed E-state index contributed by atoms with van der Waals surface area (Å²) in [7, 11) is -3.27. The van der Waals surface area contributed by atoms with Crippen LogP contribution >= 0.6 is 11.3 Å². The molecule has 1 amide bonds. The van der Waals surface area contributed by atoms with Gasteiger partial charge in [-0.1, -0.05) is 50.3 Å². The molecule has 0 atom stereocenters. The number of benzene rings is 2. The van der Waals surface area contributed by atoms with E-state index in [9.17, 15) is 13.2 Å². The molecular formula is C24H26N4O3S2. The second-order valence-corrected chi connectivity index (χ2v) is 12.2. The van der Waals surface area contributed by atoms with Gasteiger partial charge in [-0.15, -0.1) is 0 Å². The average Bonchev–Trinajstić information content (AvgIpc) is 3.29. The molecule has 0 unspecified atom stereocenters. The molecule has 0 aliphatic rings. The van der Waals surface area contributed by atoms with Crippen LogP contribution in [0.4, 0.5) is 5.82 Å². The van der Waals surface area contributed by atoms with Crippen LogP contribution in [0.5, 0.6) is 0 Å². The Hall–Kier alpha value is -3.04. The Morgan fingerprint density at radius 3 is 2.42 bits per heavy atom. The van der Waals surface area contributed by atoms with Crippen LogP contribution in [0, 0.1) is 6.92 Å². The standard InChI is InChI=1S/C24H26N4O3S2/c1-15-12-21(26-22(29)13-16-6-9-18(10-7-16)33(5,30)31)28(27-15)23-25-19-11-8-17(24(2,3)4)14-20(19)32-23/h6-12,14H,13H2,1-5H3,(H,26,29). The van der Waals surface area contributed by atoms with Crippen LogP contribution in [0.15, 0.2) is 53.4 Å². The van der Waals surface area contributed by atoms with Gasteiger partial charge in [0.15, 0.2) is 9.84 Å². The van der Waals surface area contributed by atoms with Gasteiger partial charge in [-0.25, -0.2) is 13.4 Å². The highest BCUT2D eigenvalue weighted by Gasteiger charge is 2.18. The number of anilines is 1. The highest BCUT2D eigenvalue weighted by Crippen LogP contribution is 2.31. The first-order valence-corrected chi connectivity index (χ1v) is 13.2. The van der Waals surface area contributed by atoms with Gasteiger partial charge >= 0.3 is 0 Å². The lowest BCUT2D eigenvalue weighted by Crippen LogP contribution is -2.17. The lowest BCUT2D eigenvalue weighted by Gasteiger charge is -2.18. The number of carbonyl (C=O) groups is 1. The van der Waals surface area contributed by atoms with Gasteiger partial charge in [0.25, 0.3) is 0 Å². The lowest BCUT2D eigenvalue weighted by molar-refractivity contribution is -0.115. The molecule has 0 bridgehead atoms. The van der Waals surface area contributed by atoms with Gasteiger partial charge in [-0.05, 0) is 47.7 Å². The van der Waals surface area contributed by atoms with Crippen LogP contribution in [0.25, 0.3) is 15.3 Å². The summed E-state index contributed by atoms with van der Waals surface area (Å²) in [4.78, 5) is 17.6. The molecule has 0 spiro atoms. The maximum absolute atomic E-state index is 12.7. The van der Waals surface area contributed by atoms with Gasteiger partial charge in [0.1, 0.15) is 5.82 Å². The number of hydrogen-bond donors (Lipinski definition) is 1. The van der Waals surface area contributed by atoms with Gasteiger partial charge in [0.05, 0.1) is 27.2 Å². The molecule has 2 heterocycles. The summed E-state index contributed by atoms with van der Waals surface area (Å²) in [6, 6.07) is 14.4. The van der Waals surface area contributed by atoms with Crippen LogP contribution in [-0.2, 0) is 26.5 Å². The van der Waals surface area contributed by atoms with E-state index >= 15 is 0 Å². The zero-order valence-electron chi connectivity index (χ0n) is 19.2. The summed E-state index contributed by atoms with van der Waals surface area (Å²) in [6.07, 6.45) is 1.27. The summed E-state index contributed by atoms with van der Waals surface area (Å²) < 4.78 is 26.0. The van der Waals surface area contributed by atoms with E-state index < -0.39 is 9.84 Å². The molecule has 4 rings (SSSR count). The fourth-order valence-electron chi connectivity index (χ4n) is 3.43.